The first-order chi connectivity index (χ1) is 5.35. The van der Waals surface area contributed by atoms with E-state index in [2.05, 4.69) is 5.32 Å². The Morgan fingerprint density at radius 2 is 1.92 bits per heavy atom. The van der Waals surface area contributed by atoms with E-state index in [4.69, 9.17) is 4.74 Å². The van der Waals surface area contributed by atoms with Crippen LogP contribution in [0.4, 0.5) is 4.79 Å². The molecule has 0 aromatic carbocycles. The van der Waals surface area contributed by atoms with E-state index in [1.165, 1.54) is 0 Å². The molecule has 0 aliphatic rings. The molecule has 0 fully saturated rings. The fourth-order valence-electron chi connectivity index (χ4n) is 0.537. The lowest BCUT2D eigenvalue weighted by Crippen LogP contribution is -2.31. The molecule has 0 heterocycles. The van der Waals surface area contributed by atoms with Gasteiger partial charge >= 0.3 is 6.09 Å². The highest BCUT2D eigenvalue weighted by atomic mass is 16.6. The Labute approximate surface area is 73.8 Å². The molecule has 0 aliphatic carbocycles. The van der Waals surface area contributed by atoms with Gasteiger partial charge in [0.15, 0.2) is 0 Å². The molecule has 0 aromatic rings. The predicted octanol–water partition coefficient (Wildman–Crippen LogP) is 2.43. The zero-order valence-corrected chi connectivity index (χ0v) is 8.39. The second-order valence-electron chi connectivity index (χ2n) is 3.60. The van der Waals surface area contributed by atoms with Crippen LogP contribution in [0.1, 0.15) is 34.6 Å². The highest BCUT2D eigenvalue weighted by molar-refractivity contribution is 5.69. The van der Waals surface area contributed by atoms with Gasteiger partial charge in [-0.1, -0.05) is 6.08 Å². The van der Waals surface area contributed by atoms with E-state index in [9.17, 15) is 4.79 Å². The fraction of sp³-hybridized carbons (Fsp3) is 0.667. The third-order valence-corrected chi connectivity index (χ3v) is 1.13. The molecule has 0 saturated carbocycles. The standard InChI is InChI=1S/C9H17NO2/c1-6-7(2)10-8(11)12-9(3,4)5/h6H,1-5H3,(H,10,11)/b7-6+. The summed E-state index contributed by atoms with van der Waals surface area (Å²) < 4.78 is 5.02. The summed E-state index contributed by atoms with van der Waals surface area (Å²) in [7, 11) is 0. The van der Waals surface area contributed by atoms with Crippen molar-refractivity contribution in [1.82, 2.24) is 5.32 Å². The first-order valence-electron chi connectivity index (χ1n) is 3.98. The summed E-state index contributed by atoms with van der Waals surface area (Å²) in [5, 5.41) is 2.59. The number of nitrogens with one attached hydrogen (secondary N) is 1. The van der Waals surface area contributed by atoms with Crippen molar-refractivity contribution in [3.05, 3.63) is 11.8 Å². The first-order valence-corrected chi connectivity index (χ1v) is 3.98. The molecule has 1 N–H and O–H groups in total. The molecule has 0 aliphatic heterocycles. The van der Waals surface area contributed by atoms with E-state index in [0.29, 0.717) is 0 Å². The maximum absolute atomic E-state index is 11.1. The summed E-state index contributed by atoms with van der Waals surface area (Å²) in [4.78, 5) is 11.1. The van der Waals surface area contributed by atoms with Crippen LogP contribution in [-0.2, 0) is 4.74 Å². The average molecular weight is 171 g/mol. The minimum atomic E-state index is -0.432. The lowest BCUT2D eigenvalue weighted by Gasteiger charge is -2.19. The van der Waals surface area contributed by atoms with Gasteiger partial charge in [0.25, 0.3) is 0 Å². The van der Waals surface area contributed by atoms with Crippen molar-refractivity contribution in [2.75, 3.05) is 0 Å². The van der Waals surface area contributed by atoms with E-state index in [-0.39, 0.29) is 0 Å². The van der Waals surface area contributed by atoms with E-state index in [1.54, 1.807) is 0 Å². The molecule has 3 heteroatoms. The molecule has 0 radical (unpaired) electrons. The number of alkyl carbamates (subject to hydrolysis) is 1. The SMILES string of the molecule is C/C=C(\C)NC(=O)OC(C)(C)C. The van der Waals surface area contributed by atoms with Gasteiger partial charge in [0.2, 0.25) is 0 Å². The zero-order valence-electron chi connectivity index (χ0n) is 8.39. The molecular weight excluding hydrogens is 154 g/mol. The molecular formula is C9H17NO2. The highest BCUT2D eigenvalue weighted by Crippen LogP contribution is 2.06. The normalized spacial score (nSPS) is 12.6. The van der Waals surface area contributed by atoms with Crippen LogP contribution in [0.25, 0.3) is 0 Å². The average Bonchev–Trinajstić information content (AvgIpc) is 1.82. The van der Waals surface area contributed by atoms with E-state index in [1.807, 2.05) is 40.7 Å². The molecule has 0 rings (SSSR count). The lowest BCUT2D eigenvalue weighted by atomic mass is 10.2. The largest absolute Gasteiger partial charge is 0.444 e. The van der Waals surface area contributed by atoms with Crippen molar-refractivity contribution in [2.45, 2.75) is 40.2 Å². The number of carbonyl (C=O) groups is 1. The van der Waals surface area contributed by atoms with E-state index in [0.717, 1.165) is 5.70 Å². The minimum Gasteiger partial charge on any atom is -0.444 e. The number of carbonyl (C=O) groups excluding carboxylic acids is 1. The molecule has 0 bridgehead atoms. The quantitative estimate of drug-likeness (QED) is 0.658. The second-order valence-corrected chi connectivity index (χ2v) is 3.60. The Kier molecular flexibility index (Phi) is 3.80. The maximum Gasteiger partial charge on any atom is 0.411 e. The summed E-state index contributed by atoms with van der Waals surface area (Å²) in [6.07, 6.45) is 1.40. The number of hydrogen-bond acceptors (Lipinski definition) is 2. The molecule has 0 unspecified atom stereocenters. The van der Waals surface area contributed by atoms with E-state index >= 15 is 0 Å². The Balaban J connectivity index is 3.92. The molecule has 12 heavy (non-hydrogen) atoms. The topological polar surface area (TPSA) is 38.3 Å². The number of allylic oxidation sites excluding steroid dienone is 2. The van der Waals surface area contributed by atoms with Crippen LogP contribution in [0.3, 0.4) is 0 Å². The Morgan fingerprint density at radius 1 is 1.42 bits per heavy atom. The first kappa shape index (κ1) is 11.0. The zero-order chi connectivity index (χ0) is 9.78. The van der Waals surface area contributed by atoms with Gasteiger partial charge in [-0.15, -0.1) is 0 Å². The van der Waals surface area contributed by atoms with Crippen molar-refractivity contribution in [1.29, 1.82) is 0 Å². The summed E-state index contributed by atoms with van der Waals surface area (Å²) in [6, 6.07) is 0. The predicted molar refractivity (Wildman–Crippen MR) is 48.8 cm³/mol. The van der Waals surface area contributed by atoms with Crippen LogP contribution >= 0.6 is 0 Å². The van der Waals surface area contributed by atoms with Crippen LogP contribution in [0.2, 0.25) is 0 Å². The smallest absolute Gasteiger partial charge is 0.411 e. The molecule has 0 aromatic heterocycles. The monoisotopic (exact) mass is 171 g/mol. The third kappa shape index (κ3) is 5.77. The van der Waals surface area contributed by atoms with Crippen molar-refractivity contribution < 1.29 is 9.53 Å². The van der Waals surface area contributed by atoms with Gasteiger partial charge in [-0.05, 0) is 34.6 Å². The van der Waals surface area contributed by atoms with Crippen LogP contribution < -0.4 is 5.32 Å². The molecule has 70 valence electrons. The highest BCUT2D eigenvalue weighted by Gasteiger charge is 2.15. The third-order valence-electron chi connectivity index (χ3n) is 1.13. The Morgan fingerprint density at radius 3 is 2.25 bits per heavy atom. The Hall–Kier alpha value is -0.990. The summed E-state index contributed by atoms with van der Waals surface area (Å²) >= 11 is 0. The molecule has 0 atom stereocenters. The molecule has 0 spiro atoms. The van der Waals surface area contributed by atoms with Crippen molar-refractivity contribution in [3.63, 3.8) is 0 Å². The summed E-state index contributed by atoms with van der Waals surface area (Å²) in [5.41, 5.74) is 0.363. The van der Waals surface area contributed by atoms with Crippen molar-refractivity contribution in [2.24, 2.45) is 0 Å². The second kappa shape index (κ2) is 4.14. The summed E-state index contributed by atoms with van der Waals surface area (Å²) in [5.74, 6) is 0. The van der Waals surface area contributed by atoms with Crippen LogP contribution in [0.5, 0.6) is 0 Å². The van der Waals surface area contributed by atoms with Crippen molar-refractivity contribution >= 4 is 6.09 Å². The van der Waals surface area contributed by atoms with Gasteiger partial charge in [-0.25, -0.2) is 4.79 Å². The van der Waals surface area contributed by atoms with Gasteiger partial charge in [-0.3, -0.25) is 5.32 Å². The number of ether oxygens (including phenoxy) is 1. The number of hydrogen-bond donors (Lipinski definition) is 1. The van der Waals surface area contributed by atoms with E-state index < -0.39 is 11.7 Å². The molecule has 3 nitrogen and oxygen atoms in total. The molecule has 0 saturated heterocycles. The van der Waals surface area contributed by atoms with Gasteiger partial charge in [0.1, 0.15) is 5.60 Å². The number of rotatable bonds is 1. The van der Waals surface area contributed by atoms with Crippen LogP contribution in [0.15, 0.2) is 11.8 Å². The fourth-order valence-corrected chi connectivity index (χ4v) is 0.537. The molecule has 1 amide bonds. The Bertz CT molecular complexity index is 189. The van der Waals surface area contributed by atoms with Gasteiger partial charge in [-0.2, -0.15) is 0 Å². The van der Waals surface area contributed by atoms with Gasteiger partial charge < -0.3 is 4.74 Å². The van der Waals surface area contributed by atoms with Gasteiger partial charge in [0, 0.05) is 5.70 Å². The van der Waals surface area contributed by atoms with Crippen LogP contribution in [0, 0.1) is 0 Å². The minimum absolute atomic E-state index is 0.405. The summed E-state index contributed by atoms with van der Waals surface area (Å²) in [6.45, 7) is 9.16. The van der Waals surface area contributed by atoms with Gasteiger partial charge in [0.05, 0.1) is 0 Å². The van der Waals surface area contributed by atoms with Crippen LogP contribution in [-0.4, -0.2) is 11.7 Å². The maximum atomic E-state index is 11.1. The van der Waals surface area contributed by atoms with Crippen molar-refractivity contribution in [3.8, 4) is 0 Å². The number of amides is 1. The lowest BCUT2D eigenvalue weighted by molar-refractivity contribution is 0.0546.